The van der Waals surface area contributed by atoms with E-state index in [0.29, 0.717) is 11.5 Å². The predicted octanol–water partition coefficient (Wildman–Crippen LogP) is 2.43. The molecule has 2 fully saturated rings. The molecule has 1 spiro atoms. The maximum atomic E-state index is 11.9. The van der Waals surface area contributed by atoms with E-state index in [-0.39, 0.29) is 6.09 Å². The van der Waals surface area contributed by atoms with Crippen molar-refractivity contribution in [2.75, 3.05) is 13.1 Å². The van der Waals surface area contributed by atoms with Crippen molar-refractivity contribution in [3.63, 3.8) is 0 Å². The molecule has 0 unspecified atom stereocenters. The molecule has 18 heavy (non-hydrogen) atoms. The largest absolute Gasteiger partial charge is 0.444 e. The van der Waals surface area contributed by atoms with Gasteiger partial charge in [0.25, 0.3) is 0 Å². The molecule has 0 aromatic rings. The molecule has 1 heterocycles. The van der Waals surface area contributed by atoms with Crippen LogP contribution in [0.2, 0.25) is 0 Å². The number of alkyl carbamates (subject to hydrolysis) is 1. The van der Waals surface area contributed by atoms with E-state index in [1.54, 1.807) is 0 Å². The summed E-state index contributed by atoms with van der Waals surface area (Å²) in [5.74, 6) is 0. The van der Waals surface area contributed by atoms with Crippen LogP contribution in [0, 0.1) is 5.41 Å². The van der Waals surface area contributed by atoms with E-state index in [2.05, 4.69) is 10.6 Å². The van der Waals surface area contributed by atoms with Crippen molar-refractivity contribution in [2.45, 2.75) is 64.5 Å². The highest BCUT2D eigenvalue weighted by Gasteiger charge is 2.44. The smallest absolute Gasteiger partial charge is 0.407 e. The molecule has 1 aliphatic heterocycles. The second kappa shape index (κ2) is 5.08. The Morgan fingerprint density at radius 3 is 2.56 bits per heavy atom. The summed E-state index contributed by atoms with van der Waals surface area (Å²) in [4.78, 5) is 11.9. The minimum Gasteiger partial charge on any atom is -0.444 e. The third-order valence-electron chi connectivity index (χ3n) is 4.20. The van der Waals surface area contributed by atoms with Crippen molar-refractivity contribution in [3.8, 4) is 0 Å². The molecule has 1 aliphatic carbocycles. The summed E-state index contributed by atoms with van der Waals surface area (Å²) in [6, 6.07) is 0.300. The Balaban J connectivity index is 1.93. The molecular weight excluding hydrogens is 228 g/mol. The number of amides is 1. The van der Waals surface area contributed by atoms with Crippen LogP contribution in [-0.2, 0) is 4.74 Å². The lowest BCUT2D eigenvalue weighted by Crippen LogP contribution is -2.50. The summed E-state index contributed by atoms with van der Waals surface area (Å²) >= 11 is 0. The first-order chi connectivity index (χ1) is 8.41. The molecule has 104 valence electrons. The van der Waals surface area contributed by atoms with Gasteiger partial charge in [0.1, 0.15) is 5.60 Å². The third kappa shape index (κ3) is 3.16. The van der Waals surface area contributed by atoms with Gasteiger partial charge in [-0.1, -0.05) is 6.42 Å². The fraction of sp³-hybridized carbons (Fsp3) is 0.929. The molecule has 1 saturated heterocycles. The van der Waals surface area contributed by atoms with Crippen LogP contribution in [-0.4, -0.2) is 30.8 Å². The predicted molar refractivity (Wildman–Crippen MR) is 71.5 cm³/mol. The topological polar surface area (TPSA) is 50.4 Å². The minimum atomic E-state index is -0.413. The number of hydrogen-bond donors (Lipinski definition) is 2. The maximum Gasteiger partial charge on any atom is 0.407 e. The highest BCUT2D eigenvalue weighted by Crippen LogP contribution is 2.45. The molecule has 2 aliphatic rings. The van der Waals surface area contributed by atoms with Crippen molar-refractivity contribution in [3.05, 3.63) is 0 Å². The number of hydrogen-bond acceptors (Lipinski definition) is 3. The standard InChI is InChI=1S/C14H26N2O2/c1-13(2,3)18-12(17)16-11-5-4-6-14(11)7-9-15-10-8-14/h11,15H,4-10H2,1-3H3,(H,16,17)/t11-/m0/s1. The van der Waals surface area contributed by atoms with E-state index >= 15 is 0 Å². The fourth-order valence-electron chi connectivity index (χ4n) is 3.34. The zero-order valence-corrected chi connectivity index (χ0v) is 11.8. The molecule has 1 atom stereocenters. The lowest BCUT2D eigenvalue weighted by molar-refractivity contribution is 0.0437. The van der Waals surface area contributed by atoms with E-state index in [1.165, 1.54) is 25.7 Å². The van der Waals surface area contributed by atoms with Crippen LogP contribution < -0.4 is 10.6 Å². The van der Waals surface area contributed by atoms with Crippen LogP contribution in [0.5, 0.6) is 0 Å². The molecule has 2 rings (SSSR count). The molecule has 4 nitrogen and oxygen atoms in total. The van der Waals surface area contributed by atoms with Crippen molar-refractivity contribution < 1.29 is 9.53 Å². The second-order valence-electron chi connectivity index (χ2n) is 6.70. The molecule has 2 N–H and O–H groups in total. The van der Waals surface area contributed by atoms with Crippen molar-refractivity contribution in [1.82, 2.24) is 10.6 Å². The Morgan fingerprint density at radius 2 is 1.94 bits per heavy atom. The van der Waals surface area contributed by atoms with Gasteiger partial charge in [-0.2, -0.15) is 0 Å². The summed E-state index contributed by atoms with van der Waals surface area (Å²) in [5, 5.41) is 6.51. The zero-order chi connectivity index (χ0) is 13.2. The number of rotatable bonds is 1. The first-order valence-corrected chi connectivity index (χ1v) is 7.12. The third-order valence-corrected chi connectivity index (χ3v) is 4.20. The highest BCUT2D eigenvalue weighted by atomic mass is 16.6. The van der Waals surface area contributed by atoms with E-state index < -0.39 is 5.60 Å². The summed E-state index contributed by atoms with van der Waals surface area (Å²) in [5.41, 5.74) is -0.0911. The van der Waals surface area contributed by atoms with Gasteiger partial charge in [0, 0.05) is 6.04 Å². The monoisotopic (exact) mass is 254 g/mol. The van der Waals surface area contributed by atoms with Gasteiger partial charge in [-0.15, -0.1) is 0 Å². The summed E-state index contributed by atoms with van der Waals surface area (Å²) in [6.45, 7) is 7.86. The Morgan fingerprint density at radius 1 is 1.28 bits per heavy atom. The van der Waals surface area contributed by atoms with E-state index in [9.17, 15) is 4.79 Å². The molecule has 4 heteroatoms. The second-order valence-corrected chi connectivity index (χ2v) is 6.70. The first-order valence-electron chi connectivity index (χ1n) is 7.12. The zero-order valence-electron chi connectivity index (χ0n) is 11.8. The minimum absolute atomic E-state index is 0.257. The Labute approximate surface area is 110 Å². The number of carbonyl (C=O) groups excluding carboxylic acids is 1. The van der Waals surface area contributed by atoms with Crippen molar-refractivity contribution >= 4 is 6.09 Å². The Kier molecular flexibility index (Phi) is 3.85. The average molecular weight is 254 g/mol. The molecule has 0 aromatic carbocycles. The number of carbonyl (C=O) groups is 1. The normalized spacial score (nSPS) is 27.2. The number of piperidine rings is 1. The van der Waals surface area contributed by atoms with Gasteiger partial charge >= 0.3 is 6.09 Å². The summed E-state index contributed by atoms with van der Waals surface area (Å²) in [6.07, 6.45) is 5.66. The van der Waals surface area contributed by atoms with Gasteiger partial charge in [0.15, 0.2) is 0 Å². The van der Waals surface area contributed by atoms with Crippen molar-refractivity contribution in [1.29, 1.82) is 0 Å². The number of ether oxygens (including phenoxy) is 1. The maximum absolute atomic E-state index is 11.9. The van der Waals surface area contributed by atoms with Gasteiger partial charge in [0.05, 0.1) is 0 Å². The highest BCUT2D eigenvalue weighted by molar-refractivity contribution is 5.68. The van der Waals surface area contributed by atoms with Gasteiger partial charge in [-0.3, -0.25) is 0 Å². The first kappa shape index (κ1) is 13.7. The van der Waals surface area contributed by atoms with Gasteiger partial charge < -0.3 is 15.4 Å². The van der Waals surface area contributed by atoms with Crippen LogP contribution in [0.25, 0.3) is 0 Å². The van der Waals surface area contributed by atoms with Gasteiger partial charge in [-0.25, -0.2) is 4.79 Å². The van der Waals surface area contributed by atoms with Gasteiger partial charge in [-0.05, 0) is 65.0 Å². The summed E-state index contributed by atoms with van der Waals surface area (Å²) in [7, 11) is 0. The van der Waals surface area contributed by atoms with E-state index in [1.807, 2.05) is 20.8 Å². The lowest BCUT2D eigenvalue weighted by Gasteiger charge is -2.39. The number of nitrogens with one attached hydrogen (secondary N) is 2. The van der Waals surface area contributed by atoms with Crippen LogP contribution in [0.3, 0.4) is 0 Å². The molecular formula is C14H26N2O2. The van der Waals surface area contributed by atoms with E-state index in [0.717, 1.165) is 19.5 Å². The fourth-order valence-corrected chi connectivity index (χ4v) is 3.34. The molecule has 0 aromatic heterocycles. The quantitative estimate of drug-likeness (QED) is 0.755. The molecule has 1 saturated carbocycles. The van der Waals surface area contributed by atoms with Crippen LogP contribution in [0.15, 0.2) is 0 Å². The van der Waals surface area contributed by atoms with Crippen LogP contribution >= 0.6 is 0 Å². The molecule has 0 bridgehead atoms. The Bertz CT molecular complexity index is 303. The summed E-state index contributed by atoms with van der Waals surface area (Å²) < 4.78 is 5.37. The van der Waals surface area contributed by atoms with Crippen LogP contribution in [0.1, 0.15) is 52.9 Å². The average Bonchev–Trinajstić information content (AvgIpc) is 2.60. The van der Waals surface area contributed by atoms with E-state index in [4.69, 9.17) is 4.74 Å². The van der Waals surface area contributed by atoms with Gasteiger partial charge in [0.2, 0.25) is 0 Å². The molecule has 1 amide bonds. The van der Waals surface area contributed by atoms with Crippen LogP contribution in [0.4, 0.5) is 4.79 Å². The molecule has 0 radical (unpaired) electrons. The SMILES string of the molecule is CC(C)(C)OC(=O)N[C@H]1CCCC12CCNCC2. The Hall–Kier alpha value is -0.770. The lowest BCUT2D eigenvalue weighted by atomic mass is 9.74. The van der Waals surface area contributed by atoms with Crippen molar-refractivity contribution in [2.24, 2.45) is 5.41 Å².